The second kappa shape index (κ2) is 4.89. The third kappa shape index (κ3) is 2.75. The fourth-order valence-electron chi connectivity index (χ4n) is 1.59. The number of hydrogen-bond acceptors (Lipinski definition) is 4. The van der Waals surface area contributed by atoms with E-state index in [0.29, 0.717) is 0 Å². The number of aromatic carboxylic acids is 1. The number of carboxylic acids is 1. The van der Waals surface area contributed by atoms with Crippen molar-refractivity contribution in [2.24, 2.45) is 7.05 Å². The summed E-state index contributed by atoms with van der Waals surface area (Å²) < 4.78 is 27.8. The van der Waals surface area contributed by atoms with Crippen LogP contribution in [0.2, 0.25) is 0 Å². The van der Waals surface area contributed by atoms with Crippen molar-refractivity contribution in [1.29, 1.82) is 0 Å². The van der Waals surface area contributed by atoms with Gasteiger partial charge in [-0.15, -0.1) is 0 Å². The normalized spacial score (nSPS) is 11.2. The van der Waals surface area contributed by atoms with Crippen LogP contribution in [-0.2, 0) is 17.1 Å². The van der Waals surface area contributed by atoms with Crippen molar-refractivity contribution in [3.05, 3.63) is 42.2 Å². The molecular weight excluding hydrogens is 284 g/mol. The van der Waals surface area contributed by atoms with E-state index in [9.17, 15) is 18.3 Å². The molecule has 1 heterocycles. The zero-order valence-corrected chi connectivity index (χ0v) is 11.3. The van der Waals surface area contributed by atoms with Gasteiger partial charge in [0.2, 0.25) is 0 Å². The molecule has 8 heteroatoms. The molecule has 2 rings (SSSR count). The molecule has 0 radical (unpaired) electrons. The van der Waals surface area contributed by atoms with E-state index < -0.39 is 16.0 Å². The molecule has 0 fully saturated rings. The van der Waals surface area contributed by atoms with E-state index in [4.69, 9.17) is 5.11 Å². The Morgan fingerprint density at radius 3 is 2.55 bits per heavy atom. The number of sulfonamides is 1. The van der Waals surface area contributed by atoms with Gasteiger partial charge in [-0.2, -0.15) is 0 Å². The second-order valence-electron chi connectivity index (χ2n) is 4.16. The molecule has 0 atom stereocenters. The molecule has 0 aliphatic rings. The Labute approximate surface area is 115 Å². The molecule has 0 saturated heterocycles. The number of carbonyl (C=O) groups is 1. The third-order valence-corrected chi connectivity index (χ3v) is 3.95. The number of nitrogens with zero attached hydrogens (tertiary/aromatic N) is 1. The first-order chi connectivity index (χ1) is 9.29. The molecule has 3 N–H and O–H groups in total. The van der Waals surface area contributed by atoms with Crippen LogP contribution in [0.1, 0.15) is 10.4 Å². The van der Waals surface area contributed by atoms with E-state index in [1.165, 1.54) is 18.3 Å². The first-order valence-electron chi connectivity index (χ1n) is 5.51. The quantitative estimate of drug-likeness (QED) is 0.735. The molecule has 0 bridgehead atoms. The number of benzene rings is 1. The molecule has 0 unspecified atom stereocenters. The van der Waals surface area contributed by atoms with Gasteiger partial charge in [0.15, 0.2) is 0 Å². The number of nitrogens with one attached hydrogen (secondary N) is 1. The van der Waals surface area contributed by atoms with Crippen LogP contribution in [0.25, 0.3) is 0 Å². The van der Waals surface area contributed by atoms with E-state index in [1.54, 1.807) is 17.8 Å². The monoisotopic (exact) mass is 296 g/mol. The first-order valence-corrected chi connectivity index (χ1v) is 6.99. The number of hydrogen-bond donors (Lipinski definition) is 3. The minimum absolute atomic E-state index is 0.0140. The van der Waals surface area contributed by atoms with E-state index in [2.05, 4.69) is 4.72 Å². The van der Waals surface area contributed by atoms with Gasteiger partial charge >= 0.3 is 5.97 Å². The standard InChI is InChI=1S/C12H12N2O5S/c1-14-5-4-9(7-14)20(18,19)13-10-6-8(12(16)17)2-3-11(10)15/h2-7,13,15H,1H3,(H,16,17). The molecule has 2 aromatic rings. The van der Waals surface area contributed by atoms with Crippen molar-refractivity contribution < 1.29 is 23.4 Å². The SMILES string of the molecule is Cn1ccc(S(=O)(=O)Nc2cc(C(=O)O)ccc2O)c1. The highest BCUT2D eigenvalue weighted by molar-refractivity contribution is 7.92. The number of aryl methyl sites for hydroxylation is 1. The molecule has 0 amide bonds. The second-order valence-corrected chi connectivity index (χ2v) is 5.84. The maximum Gasteiger partial charge on any atom is 0.335 e. The lowest BCUT2D eigenvalue weighted by molar-refractivity contribution is 0.0697. The molecule has 7 nitrogen and oxygen atoms in total. The molecule has 20 heavy (non-hydrogen) atoms. The Bertz CT molecular complexity index is 764. The number of phenols is 1. The highest BCUT2D eigenvalue weighted by Gasteiger charge is 2.18. The minimum Gasteiger partial charge on any atom is -0.506 e. The van der Waals surface area contributed by atoms with Crippen LogP contribution >= 0.6 is 0 Å². The van der Waals surface area contributed by atoms with Crippen LogP contribution in [0, 0.1) is 0 Å². The van der Waals surface area contributed by atoms with E-state index >= 15 is 0 Å². The van der Waals surface area contributed by atoms with Crippen molar-refractivity contribution in [1.82, 2.24) is 4.57 Å². The summed E-state index contributed by atoms with van der Waals surface area (Å²) in [5.41, 5.74) is -0.317. The van der Waals surface area contributed by atoms with Crippen molar-refractivity contribution in [3.8, 4) is 5.75 Å². The van der Waals surface area contributed by atoms with Crippen molar-refractivity contribution in [3.63, 3.8) is 0 Å². The molecule has 1 aromatic heterocycles. The number of anilines is 1. The van der Waals surface area contributed by atoms with Gasteiger partial charge in [-0.25, -0.2) is 13.2 Å². The summed E-state index contributed by atoms with van der Waals surface area (Å²) in [6.45, 7) is 0. The van der Waals surface area contributed by atoms with Gasteiger partial charge in [-0.3, -0.25) is 4.72 Å². The Hall–Kier alpha value is -2.48. The number of carboxylic acid groups (broad SMARTS) is 1. The van der Waals surface area contributed by atoms with Gasteiger partial charge in [0.1, 0.15) is 10.6 Å². The number of aromatic hydroxyl groups is 1. The van der Waals surface area contributed by atoms with E-state index in [1.807, 2.05) is 0 Å². The van der Waals surface area contributed by atoms with Crippen LogP contribution in [-0.4, -0.2) is 29.2 Å². The zero-order valence-electron chi connectivity index (χ0n) is 10.4. The van der Waals surface area contributed by atoms with Crippen LogP contribution < -0.4 is 4.72 Å². The summed E-state index contributed by atoms with van der Waals surface area (Å²) in [6, 6.07) is 4.74. The fraction of sp³-hybridized carbons (Fsp3) is 0.0833. The fourth-order valence-corrected chi connectivity index (χ4v) is 2.71. The number of aromatic nitrogens is 1. The average molecular weight is 296 g/mol. The van der Waals surface area contributed by atoms with Gasteiger partial charge in [0, 0.05) is 19.4 Å². The summed E-state index contributed by atoms with van der Waals surface area (Å²) >= 11 is 0. The summed E-state index contributed by atoms with van der Waals surface area (Å²) in [7, 11) is -2.21. The van der Waals surface area contributed by atoms with Crippen LogP contribution in [0.4, 0.5) is 5.69 Å². The lowest BCUT2D eigenvalue weighted by Crippen LogP contribution is -2.13. The maximum atomic E-state index is 12.1. The predicted molar refractivity (Wildman–Crippen MR) is 71.3 cm³/mol. The highest BCUT2D eigenvalue weighted by Crippen LogP contribution is 2.27. The van der Waals surface area contributed by atoms with Crippen LogP contribution in [0.3, 0.4) is 0 Å². The van der Waals surface area contributed by atoms with E-state index in [0.717, 1.165) is 12.1 Å². The summed E-state index contributed by atoms with van der Waals surface area (Å²) in [6.07, 6.45) is 2.95. The van der Waals surface area contributed by atoms with Gasteiger partial charge < -0.3 is 14.8 Å². The molecule has 0 spiro atoms. The van der Waals surface area contributed by atoms with Gasteiger partial charge in [0.25, 0.3) is 10.0 Å². The smallest absolute Gasteiger partial charge is 0.335 e. The molecule has 0 saturated carbocycles. The lowest BCUT2D eigenvalue weighted by Gasteiger charge is -2.09. The van der Waals surface area contributed by atoms with Crippen molar-refractivity contribution in [2.75, 3.05) is 4.72 Å². The Morgan fingerprint density at radius 1 is 1.30 bits per heavy atom. The Balaban J connectivity index is 2.39. The van der Waals surface area contributed by atoms with Crippen LogP contribution in [0.15, 0.2) is 41.6 Å². The average Bonchev–Trinajstić information content (AvgIpc) is 2.79. The maximum absolute atomic E-state index is 12.1. The summed E-state index contributed by atoms with van der Waals surface area (Å²) in [5, 5.41) is 18.5. The molecule has 0 aliphatic heterocycles. The zero-order chi connectivity index (χ0) is 14.9. The lowest BCUT2D eigenvalue weighted by atomic mass is 10.2. The molecule has 1 aromatic carbocycles. The van der Waals surface area contributed by atoms with Gasteiger partial charge in [-0.05, 0) is 24.3 Å². The minimum atomic E-state index is -3.88. The Morgan fingerprint density at radius 2 is 2.00 bits per heavy atom. The Kier molecular flexibility index (Phi) is 3.41. The topological polar surface area (TPSA) is 109 Å². The van der Waals surface area contributed by atoms with Crippen LogP contribution in [0.5, 0.6) is 5.75 Å². The molecule has 106 valence electrons. The third-order valence-electron chi connectivity index (χ3n) is 2.60. The predicted octanol–water partition coefficient (Wildman–Crippen LogP) is 1.23. The first kappa shape index (κ1) is 13.9. The molecule has 0 aliphatic carbocycles. The number of rotatable bonds is 4. The van der Waals surface area contributed by atoms with Gasteiger partial charge in [-0.1, -0.05) is 0 Å². The van der Waals surface area contributed by atoms with Gasteiger partial charge in [0.05, 0.1) is 11.3 Å². The molecular formula is C12H12N2O5S. The largest absolute Gasteiger partial charge is 0.506 e. The highest BCUT2D eigenvalue weighted by atomic mass is 32.2. The van der Waals surface area contributed by atoms with Crippen molar-refractivity contribution in [2.45, 2.75) is 4.90 Å². The van der Waals surface area contributed by atoms with Crippen molar-refractivity contribution >= 4 is 21.7 Å². The number of phenolic OH excluding ortho intramolecular Hbond substituents is 1. The summed E-state index contributed by atoms with van der Waals surface area (Å²) in [5.74, 6) is -1.57. The van der Waals surface area contributed by atoms with E-state index in [-0.39, 0.29) is 21.9 Å². The summed E-state index contributed by atoms with van der Waals surface area (Å²) in [4.78, 5) is 10.9.